The molecular weight excluding hydrogens is 334 g/mol. The Kier molecular flexibility index (Phi) is 5.76. The van der Waals surface area contributed by atoms with E-state index in [0.29, 0.717) is 5.56 Å². The lowest BCUT2D eigenvalue weighted by Gasteiger charge is -2.20. The molecule has 2 aromatic carbocycles. The number of benzene rings is 2. The summed E-state index contributed by atoms with van der Waals surface area (Å²) in [5.41, 5.74) is 0.686. The van der Waals surface area contributed by atoms with Gasteiger partial charge in [-0.1, -0.05) is 48.5 Å². The number of carbonyl (C=O) groups is 2. The number of amides is 1. The summed E-state index contributed by atoms with van der Waals surface area (Å²) in [6, 6.07) is 19.0. The minimum absolute atomic E-state index is 0.216. The van der Waals surface area contributed by atoms with Crippen LogP contribution in [-0.4, -0.2) is 23.2 Å². The van der Waals surface area contributed by atoms with E-state index in [2.05, 4.69) is 5.32 Å². The fraction of sp³-hybridized carbons (Fsp3) is 0.300. The van der Waals surface area contributed by atoms with Crippen molar-refractivity contribution in [3.63, 3.8) is 0 Å². The fourth-order valence-corrected chi connectivity index (χ4v) is 3.24. The maximum Gasteiger partial charge on any atom is 0.320 e. The summed E-state index contributed by atoms with van der Waals surface area (Å²) in [5, 5.41) is 2.52. The van der Waals surface area contributed by atoms with Gasteiger partial charge in [-0.3, -0.25) is 9.59 Å². The summed E-state index contributed by atoms with van der Waals surface area (Å²) in [6.45, 7) is 1.79. The van der Waals surface area contributed by atoms with Crippen LogP contribution in [0.3, 0.4) is 0 Å². The van der Waals surface area contributed by atoms with Gasteiger partial charge in [0, 0.05) is 16.5 Å². The molecule has 25 heavy (non-hydrogen) atoms. The monoisotopic (exact) mass is 355 g/mol. The highest BCUT2D eigenvalue weighted by molar-refractivity contribution is 8.00. The number of carbonyl (C=O) groups excluding carboxylic acids is 2. The molecule has 1 aliphatic carbocycles. The molecule has 3 rings (SSSR count). The van der Waals surface area contributed by atoms with Gasteiger partial charge < -0.3 is 10.1 Å². The molecule has 1 saturated carbocycles. The van der Waals surface area contributed by atoms with Gasteiger partial charge in [-0.25, -0.2) is 0 Å². The summed E-state index contributed by atoms with van der Waals surface area (Å²) in [7, 11) is 0. The van der Waals surface area contributed by atoms with Crippen LogP contribution in [0.1, 0.15) is 31.4 Å². The Morgan fingerprint density at radius 2 is 1.64 bits per heavy atom. The predicted molar refractivity (Wildman–Crippen MR) is 98.2 cm³/mol. The third-order valence-corrected chi connectivity index (χ3v) is 4.98. The van der Waals surface area contributed by atoms with Gasteiger partial charge in [0.05, 0.1) is 0 Å². The molecule has 4 nitrogen and oxygen atoms in total. The van der Waals surface area contributed by atoms with Gasteiger partial charge in [0.15, 0.2) is 0 Å². The first-order valence-electron chi connectivity index (χ1n) is 8.41. The van der Waals surface area contributed by atoms with Gasteiger partial charge >= 0.3 is 5.97 Å². The van der Waals surface area contributed by atoms with E-state index in [1.54, 1.807) is 19.1 Å². The summed E-state index contributed by atoms with van der Waals surface area (Å²) in [5.74, 6) is -0.646. The molecule has 0 saturated heterocycles. The molecule has 130 valence electrons. The molecule has 2 atom stereocenters. The highest BCUT2D eigenvalue weighted by atomic mass is 32.2. The molecule has 5 heteroatoms. The Morgan fingerprint density at radius 1 is 1.04 bits per heavy atom. The van der Waals surface area contributed by atoms with E-state index in [9.17, 15) is 9.59 Å². The van der Waals surface area contributed by atoms with Crippen molar-refractivity contribution >= 4 is 23.6 Å². The van der Waals surface area contributed by atoms with E-state index in [1.807, 2.05) is 48.5 Å². The second kappa shape index (κ2) is 8.21. The third-order valence-electron chi connectivity index (χ3n) is 3.89. The van der Waals surface area contributed by atoms with E-state index in [4.69, 9.17) is 4.74 Å². The Morgan fingerprint density at radius 3 is 2.24 bits per heavy atom. The van der Waals surface area contributed by atoms with Crippen molar-refractivity contribution in [2.24, 2.45) is 0 Å². The van der Waals surface area contributed by atoms with Crippen LogP contribution in [0.15, 0.2) is 65.6 Å². The van der Waals surface area contributed by atoms with Gasteiger partial charge in [0.2, 0.25) is 6.10 Å². The van der Waals surface area contributed by atoms with Crippen molar-refractivity contribution in [1.29, 1.82) is 0 Å². The molecule has 1 N–H and O–H groups in total. The van der Waals surface area contributed by atoms with Crippen LogP contribution in [0.2, 0.25) is 0 Å². The van der Waals surface area contributed by atoms with Crippen molar-refractivity contribution < 1.29 is 14.3 Å². The molecule has 0 heterocycles. The van der Waals surface area contributed by atoms with E-state index in [1.165, 1.54) is 11.8 Å². The van der Waals surface area contributed by atoms with E-state index in [0.717, 1.165) is 17.7 Å². The van der Waals surface area contributed by atoms with Gasteiger partial charge in [-0.15, -0.1) is 11.8 Å². The lowest BCUT2D eigenvalue weighted by atomic mass is 10.1. The van der Waals surface area contributed by atoms with Gasteiger partial charge in [0.25, 0.3) is 5.91 Å². The normalized spacial score (nSPS) is 15.9. The molecule has 0 aromatic heterocycles. The summed E-state index contributed by atoms with van der Waals surface area (Å²) in [6.07, 6.45) is 1.07. The molecule has 0 radical (unpaired) electrons. The zero-order chi connectivity index (χ0) is 17.6. The molecule has 2 aromatic rings. The van der Waals surface area contributed by atoms with Gasteiger partial charge in [0.1, 0.15) is 5.25 Å². The zero-order valence-corrected chi connectivity index (χ0v) is 14.9. The van der Waals surface area contributed by atoms with Crippen molar-refractivity contribution in [2.45, 2.75) is 42.1 Å². The van der Waals surface area contributed by atoms with Crippen LogP contribution in [0.25, 0.3) is 0 Å². The Hall–Kier alpha value is -2.27. The largest absolute Gasteiger partial charge is 0.446 e. The maximum absolute atomic E-state index is 12.5. The number of hydrogen-bond acceptors (Lipinski definition) is 4. The van der Waals surface area contributed by atoms with Crippen molar-refractivity contribution in [3.05, 3.63) is 66.2 Å². The average molecular weight is 355 g/mol. The Balaban J connectivity index is 1.68. The highest BCUT2D eigenvalue weighted by Gasteiger charge is 2.32. The third kappa shape index (κ3) is 5.10. The van der Waals surface area contributed by atoms with Crippen LogP contribution < -0.4 is 5.32 Å². The van der Waals surface area contributed by atoms with Crippen LogP contribution in [0.4, 0.5) is 0 Å². The first kappa shape index (κ1) is 17.5. The van der Waals surface area contributed by atoms with E-state index >= 15 is 0 Å². The number of rotatable bonds is 7. The number of esters is 1. The number of ether oxygens (including phenoxy) is 1. The standard InChI is InChI=1S/C20H21NO3S/c1-14(25-17-10-6-3-7-11-17)20(23)24-18(15-8-4-2-5-9-15)19(22)21-16-12-13-16/h2-11,14,16,18H,12-13H2,1H3,(H,21,22)/t14-,18+/m1/s1. The highest BCUT2D eigenvalue weighted by Crippen LogP contribution is 2.27. The van der Waals surface area contributed by atoms with E-state index < -0.39 is 17.3 Å². The first-order valence-corrected chi connectivity index (χ1v) is 9.29. The summed E-state index contributed by atoms with van der Waals surface area (Å²) in [4.78, 5) is 26.0. The fourth-order valence-electron chi connectivity index (χ4n) is 2.37. The second-order valence-corrected chi connectivity index (χ2v) is 7.50. The Bertz CT molecular complexity index is 716. The molecule has 1 fully saturated rings. The van der Waals surface area contributed by atoms with Crippen molar-refractivity contribution in [1.82, 2.24) is 5.32 Å². The number of nitrogens with one attached hydrogen (secondary N) is 1. The predicted octanol–water partition coefficient (Wildman–Crippen LogP) is 3.73. The maximum atomic E-state index is 12.5. The smallest absolute Gasteiger partial charge is 0.320 e. The minimum Gasteiger partial charge on any atom is -0.446 e. The van der Waals surface area contributed by atoms with Crippen LogP contribution in [-0.2, 0) is 14.3 Å². The lowest BCUT2D eigenvalue weighted by Crippen LogP contribution is -2.34. The van der Waals surface area contributed by atoms with Crippen molar-refractivity contribution in [2.75, 3.05) is 0 Å². The van der Waals surface area contributed by atoms with E-state index in [-0.39, 0.29) is 11.9 Å². The summed E-state index contributed by atoms with van der Waals surface area (Å²) < 4.78 is 5.59. The quantitative estimate of drug-likeness (QED) is 0.607. The van der Waals surface area contributed by atoms with Crippen LogP contribution >= 0.6 is 11.8 Å². The topological polar surface area (TPSA) is 55.4 Å². The molecular formula is C20H21NO3S. The summed E-state index contributed by atoms with van der Waals surface area (Å²) >= 11 is 1.42. The van der Waals surface area contributed by atoms with Crippen LogP contribution in [0.5, 0.6) is 0 Å². The Labute approximate surface area is 152 Å². The molecule has 0 bridgehead atoms. The van der Waals surface area contributed by atoms with Crippen LogP contribution in [0, 0.1) is 0 Å². The molecule has 1 aliphatic rings. The van der Waals surface area contributed by atoms with Gasteiger partial charge in [-0.05, 0) is 31.9 Å². The zero-order valence-electron chi connectivity index (χ0n) is 14.1. The SMILES string of the molecule is C[C@@H](Sc1ccccc1)C(=O)O[C@H](C(=O)NC1CC1)c1ccccc1. The number of thioether (sulfide) groups is 1. The average Bonchev–Trinajstić information content (AvgIpc) is 3.45. The number of hydrogen-bond donors (Lipinski definition) is 1. The molecule has 1 amide bonds. The minimum atomic E-state index is -0.909. The van der Waals surface area contributed by atoms with Gasteiger partial charge in [-0.2, -0.15) is 0 Å². The van der Waals surface area contributed by atoms with Crippen molar-refractivity contribution in [3.8, 4) is 0 Å². The molecule has 0 spiro atoms. The first-order chi connectivity index (χ1) is 12.1. The molecule has 0 unspecified atom stereocenters. The lowest BCUT2D eigenvalue weighted by molar-refractivity contribution is -0.155. The molecule has 0 aliphatic heterocycles. The second-order valence-electron chi connectivity index (χ2n) is 6.08.